The largest absolute Gasteiger partial charge is 0.352 e. The second-order valence-electron chi connectivity index (χ2n) is 5.22. The van der Waals surface area contributed by atoms with Crippen molar-refractivity contribution in [2.75, 3.05) is 11.9 Å². The maximum absolute atomic E-state index is 12.2. The van der Waals surface area contributed by atoms with Crippen LogP contribution >= 0.6 is 11.3 Å². The van der Waals surface area contributed by atoms with E-state index in [1.807, 2.05) is 41.6 Å². The van der Waals surface area contributed by atoms with Gasteiger partial charge in [-0.1, -0.05) is 12.1 Å². The Balaban J connectivity index is 1.73. The van der Waals surface area contributed by atoms with E-state index in [1.54, 1.807) is 23.7 Å². The molecule has 1 aromatic carbocycles. The first-order chi connectivity index (χ1) is 11.2. The summed E-state index contributed by atoms with van der Waals surface area (Å²) in [6.07, 6.45) is 1.56. The minimum Gasteiger partial charge on any atom is -0.352 e. The van der Waals surface area contributed by atoms with Gasteiger partial charge in [0, 0.05) is 7.05 Å². The molecule has 0 amide bonds. The molecular weight excluding hydrogens is 310 g/mol. The highest BCUT2D eigenvalue weighted by atomic mass is 32.1. The van der Waals surface area contributed by atoms with Gasteiger partial charge in [0.15, 0.2) is 0 Å². The minimum atomic E-state index is -0.123. The van der Waals surface area contributed by atoms with Gasteiger partial charge >= 0.3 is 0 Å². The van der Waals surface area contributed by atoms with Gasteiger partial charge in [-0.25, -0.2) is 15.0 Å². The van der Waals surface area contributed by atoms with E-state index in [2.05, 4.69) is 19.9 Å². The molecule has 4 aromatic rings. The third-order valence-corrected chi connectivity index (χ3v) is 4.47. The summed E-state index contributed by atoms with van der Waals surface area (Å²) in [5.74, 6) is 1.44. The summed E-state index contributed by atoms with van der Waals surface area (Å²) in [5, 5.41) is 3.59. The van der Waals surface area contributed by atoms with Crippen molar-refractivity contribution in [1.29, 1.82) is 0 Å². The Hall–Kier alpha value is -2.80. The van der Waals surface area contributed by atoms with E-state index in [0.717, 1.165) is 16.0 Å². The molecule has 0 saturated carbocycles. The van der Waals surface area contributed by atoms with Crippen molar-refractivity contribution in [3.8, 4) is 0 Å². The number of para-hydroxylation sites is 1. The van der Waals surface area contributed by atoms with E-state index in [-0.39, 0.29) is 5.56 Å². The van der Waals surface area contributed by atoms with Crippen molar-refractivity contribution >= 4 is 38.3 Å². The van der Waals surface area contributed by atoms with Gasteiger partial charge in [0.25, 0.3) is 5.56 Å². The number of nitrogens with zero attached hydrogens (tertiary/aromatic N) is 4. The van der Waals surface area contributed by atoms with Crippen LogP contribution in [0.2, 0.25) is 0 Å². The lowest BCUT2D eigenvalue weighted by Gasteiger charge is -2.18. The van der Waals surface area contributed by atoms with Crippen LogP contribution in [0.5, 0.6) is 0 Å². The van der Waals surface area contributed by atoms with Gasteiger partial charge in [-0.3, -0.25) is 4.79 Å². The maximum atomic E-state index is 12.2. The molecule has 23 heavy (non-hydrogen) atoms. The Morgan fingerprint density at radius 1 is 1.17 bits per heavy atom. The monoisotopic (exact) mass is 323 g/mol. The summed E-state index contributed by atoms with van der Waals surface area (Å²) in [7, 11) is 1.93. The Labute approximate surface area is 135 Å². The topological polar surface area (TPSA) is 74.8 Å². The second-order valence-corrected chi connectivity index (χ2v) is 6.12. The van der Waals surface area contributed by atoms with E-state index in [9.17, 15) is 4.79 Å². The molecule has 0 spiro atoms. The summed E-state index contributed by atoms with van der Waals surface area (Å²) in [6, 6.07) is 9.33. The van der Waals surface area contributed by atoms with E-state index in [4.69, 9.17) is 0 Å². The number of aromatic nitrogens is 4. The van der Waals surface area contributed by atoms with Crippen LogP contribution < -0.4 is 10.5 Å². The Bertz CT molecular complexity index is 1050. The second kappa shape index (κ2) is 5.44. The third-order valence-electron chi connectivity index (χ3n) is 3.65. The van der Waals surface area contributed by atoms with Crippen molar-refractivity contribution in [1.82, 2.24) is 19.9 Å². The minimum absolute atomic E-state index is 0.123. The fourth-order valence-electron chi connectivity index (χ4n) is 2.59. The van der Waals surface area contributed by atoms with Crippen LogP contribution in [0.25, 0.3) is 21.1 Å². The molecule has 0 fully saturated rings. The lowest BCUT2D eigenvalue weighted by atomic mass is 10.2. The average Bonchev–Trinajstić information content (AvgIpc) is 3.03. The van der Waals surface area contributed by atoms with E-state index < -0.39 is 0 Å². The molecule has 0 aliphatic carbocycles. The van der Waals surface area contributed by atoms with Crippen molar-refractivity contribution in [2.24, 2.45) is 0 Å². The fourth-order valence-corrected chi connectivity index (χ4v) is 3.32. The lowest BCUT2D eigenvalue weighted by molar-refractivity contribution is 0.829. The number of hydrogen-bond donors (Lipinski definition) is 1. The number of rotatable bonds is 3. The summed E-state index contributed by atoms with van der Waals surface area (Å²) in [4.78, 5) is 31.0. The van der Waals surface area contributed by atoms with Crippen molar-refractivity contribution in [3.05, 3.63) is 58.2 Å². The van der Waals surface area contributed by atoms with Gasteiger partial charge in [0.1, 0.15) is 22.8 Å². The normalized spacial score (nSPS) is 11.2. The van der Waals surface area contributed by atoms with E-state index >= 15 is 0 Å². The molecule has 3 aromatic heterocycles. The first-order valence-electron chi connectivity index (χ1n) is 7.09. The maximum Gasteiger partial charge on any atom is 0.258 e. The predicted octanol–water partition coefficient (Wildman–Crippen LogP) is 2.56. The highest BCUT2D eigenvalue weighted by Crippen LogP contribution is 2.26. The predicted molar refractivity (Wildman–Crippen MR) is 91.9 cm³/mol. The van der Waals surface area contributed by atoms with Gasteiger partial charge in [0.2, 0.25) is 0 Å². The molecule has 0 saturated heterocycles. The molecular formula is C16H13N5OS. The lowest BCUT2D eigenvalue weighted by Crippen LogP contribution is -2.22. The molecule has 0 unspecified atom stereocenters. The van der Waals surface area contributed by atoms with Gasteiger partial charge in [-0.15, -0.1) is 11.3 Å². The summed E-state index contributed by atoms with van der Waals surface area (Å²) < 4.78 is 0. The summed E-state index contributed by atoms with van der Waals surface area (Å²) >= 11 is 1.58. The zero-order chi connectivity index (χ0) is 15.8. The van der Waals surface area contributed by atoms with Crippen LogP contribution in [0, 0.1) is 0 Å². The number of fused-ring (bicyclic) bond motifs is 2. The summed E-state index contributed by atoms with van der Waals surface area (Å²) in [6.45, 7) is 0.460. The Morgan fingerprint density at radius 3 is 2.96 bits per heavy atom. The zero-order valence-corrected chi connectivity index (χ0v) is 13.2. The Kier molecular flexibility index (Phi) is 3.27. The number of thiophene rings is 1. The van der Waals surface area contributed by atoms with E-state index in [1.165, 1.54) is 0 Å². The molecule has 0 aliphatic heterocycles. The molecule has 0 atom stereocenters. The molecule has 3 heterocycles. The number of H-pyrrole nitrogens is 1. The van der Waals surface area contributed by atoms with Gasteiger partial charge in [0.05, 0.1) is 22.8 Å². The smallest absolute Gasteiger partial charge is 0.258 e. The molecule has 6 nitrogen and oxygen atoms in total. The number of anilines is 1. The van der Waals surface area contributed by atoms with Gasteiger partial charge < -0.3 is 9.88 Å². The van der Waals surface area contributed by atoms with Crippen molar-refractivity contribution in [2.45, 2.75) is 6.54 Å². The van der Waals surface area contributed by atoms with Gasteiger partial charge in [-0.2, -0.15) is 0 Å². The van der Waals surface area contributed by atoms with Crippen molar-refractivity contribution < 1.29 is 0 Å². The molecule has 0 bridgehead atoms. The van der Waals surface area contributed by atoms with Crippen molar-refractivity contribution in [3.63, 3.8) is 0 Å². The van der Waals surface area contributed by atoms with E-state index in [0.29, 0.717) is 23.3 Å². The quantitative estimate of drug-likeness (QED) is 0.627. The SMILES string of the molecule is CN(Cc1nc2ccccc2c(=O)[nH]1)c1ncnc2sccc12. The highest BCUT2D eigenvalue weighted by Gasteiger charge is 2.12. The standard InChI is InChI=1S/C16H13N5OS/c1-21(14-11-6-7-23-16(11)18-9-17-14)8-13-19-12-5-3-2-4-10(12)15(22)20-13/h2-7,9H,8H2,1H3,(H,19,20,22). The number of aromatic amines is 1. The molecule has 1 N–H and O–H groups in total. The van der Waals surface area contributed by atoms with Crippen LogP contribution in [0.4, 0.5) is 5.82 Å². The van der Waals surface area contributed by atoms with Gasteiger partial charge in [-0.05, 0) is 23.6 Å². The molecule has 4 rings (SSSR count). The number of nitrogens with one attached hydrogen (secondary N) is 1. The molecule has 114 valence electrons. The average molecular weight is 323 g/mol. The molecule has 0 radical (unpaired) electrons. The molecule has 0 aliphatic rings. The van der Waals surface area contributed by atoms with Crippen LogP contribution in [0.15, 0.2) is 46.8 Å². The van der Waals surface area contributed by atoms with Crippen LogP contribution in [-0.4, -0.2) is 27.0 Å². The zero-order valence-electron chi connectivity index (χ0n) is 12.4. The first kappa shape index (κ1) is 13.8. The van der Waals surface area contributed by atoms with Crippen LogP contribution in [0.1, 0.15) is 5.82 Å². The fraction of sp³-hybridized carbons (Fsp3) is 0.125. The highest BCUT2D eigenvalue weighted by molar-refractivity contribution is 7.16. The number of hydrogen-bond acceptors (Lipinski definition) is 6. The van der Waals surface area contributed by atoms with Crippen LogP contribution in [0.3, 0.4) is 0 Å². The number of benzene rings is 1. The molecule has 7 heteroatoms. The Morgan fingerprint density at radius 2 is 2.04 bits per heavy atom. The van der Waals surface area contributed by atoms with Crippen LogP contribution in [-0.2, 0) is 6.54 Å². The first-order valence-corrected chi connectivity index (χ1v) is 7.97. The third kappa shape index (κ3) is 2.44. The summed E-state index contributed by atoms with van der Waals surface area (Å²) in [5.41, 5.74) is 0.574.